The van der Waals surface area contributed by atoms with E-state index in [0.717, 1.165) is 54.8 Å². The molecule has 0 saturated heterocycles. The van der Waals surface area contributed by atoms with Crippen LogP contribution in [0.1, 0.15) is 176 Å². The summed E-state index contributed by atoms with van der Waals surface area (Å²) in [5.74, 6) is 5.34. The molecule has 0 aliphatic heterocycles. The molecule has 2 nitrogen and oxygen atoms in total. The van der Waals surface area contributed by atoms with E-state index in [1.165, 1.54) is 109 Å². The summed E-state index contributed by atoms with van der Waals surface area (Å²) in [6.07, 6.45) is 29.6. The molecule has 0 heterocycles. The third kappa shape index (κ3) is 8.03. The zero-order valence-corrected chi connectivity index (χ0v) is 28.3. The van der Waals surface area contributed by atoms with E-state index in [4.69, 9.17) is 4.74 Å². The first-order valence-corrected chi connectivity index (χ1v) is 18.6. The maximum atomic E-state index is 12.7. The van der Waals surface area contributed by atoms with Crippen molar-refractivity contribution in [2.45, 2.75) is 182 Å². The Morgan fingerprint density at radius 2 is 1.56 bits per heavy atom. The lowest BCUT2D eigenvalue weighted by Crippen LogP contribution is -2.51. The van der Waals surface area contributed by atoms with E-state index in [-0.39, 0.29) is 12.1 Å². The average molecular weight is 569 g/mol. The second kappa shape index (κ2) is 15.3. The number of hydrogen-bond acceptors (Lipinski definition) is 2. The van der Waals surface area contributed by atoms with Crippen molar-refractivity contribution in [3.05, 3.63) is 11.6 Å². The second-order valence-corrected chi connectivity index (χ2v) is 16.2. The molecule has 0 aromatic rings. The largest absolute Gasteiger partial charge is 0.462 e. The molecule has 0 aromatic heterocycles. The van der Waals surface area contributed by atoms with Crippen LogP contribution in [0.2, 0.25) is 0 Å². The van der Waals surface area contributed by atoms with Crippen molar-refractivity contribution >= 4 is 5.97 Å². The number of rotatable bonds is 16. The van der Waals surface area contributed by atoms with Crippen LogP contribution in [0.25, 0.3) is 0 Å². The molecule has 0 spiro atoms. The number of allylic oxidation sites excluding steroid dienone is 1. The lowest BCUT2D eigenvalue weighted by molar-refractivity contribution is -0.151. The monoisotopic (exact) mass is 569 g/mol. The minimum absolute atomic E-state index is 0.0591. The van der Waals surface area contributed by atoms with Gasteiger partial charge in [-0.2, -0.15) is 0 Å². The molecule has 0 N–H and O–H groups in total. The third-order valence-corrected chi connectivity index (χ3v) is 13.0. The van der Waals surface area contributed by atoms with Gasteiger partial charge < -0.3 is 4.74 Å². The number of unbranched alkanes of at least 4 members (excludes halogenated alkanes) is 8. The van der Waals surface area contributed by atoms with Gasteiger partial charge in [-0.3, -0.25) is 4.79 Å². The zero-order chi connectivity index (χ0) is 29.5. The normalized spacial score (nSPS) is 35.4. The molecule has 0 amide bonds. The zero-order valence-electron chi connectivity index (χ0n) is 28.3. The van der Waals surface area contributed by atoms with E-state index in [0.29, 0.717) is 17.3 Å². The highest BCUT2D eigenvalue weighted by Gasteiger charge is 2.59. The summed E-state index contributed by atoms with van der Waals surface area (Å²) < 4.78 is 6.09. The van der Waals surface area contributed by atoms with Crippen LogP contribution in [0.15, 0.2) is 11.6 Å². The van der Waals surface area contributed by atoms with E-state index in [2.05, 4.69) is 47.6 Å². The van der Waals surface area contributed by atoms with Crippen LogP contribution in [-0.4, -0.2) is 12.1 Å². The standard InChI is InChI=1S/C39H68O2/c1-7-8-9-10-11-12-13-14-15-19-37(40)41-32-24-26-38(5)31(28-32)20-21-33-35-23-22-34(30(4)18-16-17-29(2)3)39(35,6)27-25-36(33)38/h20,29-30,32-36H,7-19,21-28H2,1-6H3/t30-,32+,33+,34?,35+,36+,38+,39-/m1/s1. The smallest absolute Gasteiger partial charge is 0.306 e. The number of ether oxygens (including phenoxy) is 1. The lowest BCUT2D eigenvalue weighted by atomic mass is 9.47. The number of carbonyl (C=O) groups is 1. The van der Waals surface area contributed by atoms with Crippen LogP contribution in [0.3, 0.4) is 0 Å². The van der Waals surface area contributed by atoms with Gasteiger partial charge in [0.25, 0.3) is 0 Å². The molecule has 3 fully saturated rings. The third-order valence-electron chi connectivity index (χ3n) is 13.0. The van der Waals surface area contributed by atoms with Gasteiger partial charge in [-0.1, -0.05) is 124 Å². The van der Waals surface area contributed by atoms with E-state index < -0.39 is 0 Å². The Labute approximate surface area is 255 Å². The van der Waals surface area contributed by atoms with Crippen LogP contribution in [0.5, 0.6) is 0 Å². The van der Waals surface area contributed by atoms with Gasteiger partial charge in [0.2, 0.25) is 0 Å². The van der Waals surface area contributed by atoms with Gasteiger partial charge in [0.15, 0.2) is 0 Å². The molecule has 8 atom stereocenters. The van der Waals surface area contributed by atoms with Gasteiger partial charge in [0.1, 0.15) is 6.10 Å². The first-order valence-electron chi connectivity index (χ1n) is 18.6. The Bertz CT molecular complexity index is 843. The molecule has 0 radical (unpaired) electrons. The van der Waals surface area contributed by atoms with Crippen molar-refractivity contribution in [1.29, 1.82) is 0 Å². The van der Waals surface area contributed by atoms with Gasteiger partial charge in [-0.25, -0.2) is 0 Å². The number of esters is 1. The number of carbonyl (C=O) groups excluding carboxylic acids is 1. The molecular formula is C39H68O2. The molecule has 41 heavy (non-hydrogen) atoms. The first-order chi connectivity index (χ1) is 19.7. The molecule has 0 bridgehead atoms. The average Bonchev–Trinajstić information content (AvgIpc) is 3.29. The van der Waals surface area contributed by atoms with Crippen LogP contribution in [0.4, 0.5) is 0 Å². The summed E-state index contributed by atoms with van der Waals surface area (Å²) in [7, 11) is 0. The second-order valence-electron chi connectivity index (χ2n) is 16.2. The minimum atomic E-state index is 0.0591. The van der Waals surface area contributed by atoms with E-state index >= 15 is 0 Å². The summed E-state index contributed by atoms with van der Waals surface area (Å²) in [6, 6.07) is 0. The van der Waals surface area contributed by atoms with Crippen molar-refractivity contribution in [2.75, 3.05) is 0 Å². The highest BCUT2D eigenvalue weighted by Crippen LogP contribution is 2.67. The predicted molar refractivity (Wildman–Crippen MR) is 175 cm³/mol. The predicted octanol–water partition coefficient (Wildman–Crippen LogP) is 11.9. The summed E-state index contributed by atoms with van der Waals surface area (Å²) in [4.78, 5) is 12.7. The SMILES string of the molecule is CCCCCCCCCCCC(=O)O[C@H]1CC[C@@]2(C)C(=CC[C@@H]3[C@@H]2CC[C@]2(C)C([C@H](C)CCCC(C)C)CC[C@@H]32)C1. The highest BCUT2D eigenvalue weighted by molar-refractivity contribution is 5.69. The summed E-state index contributed by atoms with van der Waals surface area (Å²) in [6.45, 7) is 14.9. The summed E-state index contributed by atoms with van der Waals surface area (Å²) in [5.41, 5.74) is 2.54. The van der Waals surface area contributed by atoms with Crippen LogP contribution in [-0.2, 0) is 9.53 Å². The van der Waals surface area contributed by atoms with Gasteiger partial charge in [0, 0.05) is 12.8 Å². The maximum Gasteiger partial charge on any atom is 0.306 e. The molecule has 2 heteroatoms. The van der Waals surface area contributed by atoms with Gasteiger partial charge in [-0.15, -0.1) is 0 Å². The Kier molecular flexibility index (Phi) is 12.3. The van der Waals surface area contributed by atoms with Crippen LogP contribution >= 0.6 is 0 Å². The van der Waals surface area contributed by atoms with Crippen molar-refractivity contribution in [1.82, 2.24) is 0 Å². The van der Waals surface area contributed by atoms with Crippen molar-refractivity contribution < 1.29 is 9.53 Å². The topological polar surface area (TPSA) is 26.3 Å². The van der Waals surface area contributed by atoms with Gasteiger partial charge in [-0.05, 0) is 97.7 Å². The molecule has 4 rings (SSSR count). The fourth-order valence-electron chi connectivity index (χ4n) is 10.6. The molecule has 3 saturated carbocycles. The Morgan fingerprint density at radius 3 is 2.27 bits per heavy atom. The first kappa shape index (κ1) is 33.1. The number of fused-ring (bicyclic) bond motifs is 5. The summed E-state index contributed by atoms with van der Waals surface area (Å²) >= 11 is 0. The minimum Gasteiger partial charge on any atom is -0.462 e. The highest BCUT2D eigenvalue weighted by atomic mass is 16.5. The Hall–Kier alpha value is -0.790. The molecule has 0 aromatic carbocycles. The summed E-state index contributed by atoms with van der Waals surface area (Å²) in [5, 5.41) is 0. The Balaban J connectivity index is 1.24. The van der Waals surface area contributed by atoms with Crippen LogP contribution in [0, 0.1) is 46.3 Å². The van der Waals surface area contributed by atoms with Crippen LogP contribution < -0.4 is 0 Å². The number of hydrogen-bond donors (Lipinski definition) is 0. The molecular weight excluding hydrogens is 500 g/mol. The van der Waals surface area contributed by atoms with Crippen molar-refractivity contribution in [3.63, 3.8) is 0 Å². The van der Waals surface area contributed by atoms with E-state index in [1.807, 2.05) is 0 Å². The molecule has 4 aliphatic carbocycles. The molecule has 236 valence electrons. The van der Waals surface area contributed by atoms with Crippen molar-refractivity contribution in [3.8, 4) is 0 Å². The fourth-order valence-corrected chi connectivity index (χ4v) is 10.6. The fraction of sp³-hybridized carbons (Fsp3) is 0.923. The molecule has 1 unspecified atom stereocenters. The van der Waals surface area contributed by atoms with Crippen molar-refractivity contribution in [2.24, 2.45) is 46.3 Å². The Morgan fingerprint density at radius 1 is 0.854 bits per heavy atom. The molecule has 4 aliphatic rings. The quantitative estimate of drug-likeness (QED) is 0.105. The van der Waals surface area contributed by atoms with Gasteiger partial charge >= 0.3 is 5.97 Å². The maximum absolute atomic E-state index is 12.7. The van der Waals surface area contributed by atoms with Gasteiger partial charge in [0.05, 0.1) is 0 Å². The lowest BCUT2D eigenvalue weighted by Gasteiger charge is -2.58. The van der Waals surface area contributed by atoms with E-state index in [9.17, 15) is 4.79 Å². The van der Waals surface area contributed by atoms with E-state index in [1.54, 1.807) is 5.57 Å².